The Morgan fingerprint density at radius 3 is 2.34 bits per heavy atom. The lowest BCUT2D eigenvalue weighted by Gasteiger charge is -2.28. The summed E-state index contributed by atoms with van der Waals surface area (Å²) >= 11 is 5.91. The van der Waals surface area contributed by atoms with E-state index in [0.717, 1.165) is 17.1 Å². The minimum absolute atomic E-state index is 0.0737. The van der Waals surface area contributed by atoms with E-state index in [1.54, 1.807) is 7.11 Å². The average Bonchev–Trinajstić information content (AvgIpc) is 3.34. The quantitative estimate of drug-likeness (QED) is 0.339. The molecule has 1 saturated heterocycles. The van der Waals surface area contributed by atoms with Gasteiger partial charge in [-0.2, -0.15) is 0 Å². The monoisotopic (exact) mass is 482 g/mol. The molecule has 6 heteroatoms. The lowest BCUT2D eigenvalue weighted by molar-refractivity contribution is 0.415. The molecule has 5 nitrogen and oxygen atoms in total. The van der Waals surface area contributed by atoms with E-state index >= 15 is 0 Å². The summed E-state index contributed by atoms with van der Waals surface area (Å²) < 4.78 is 7.87. The van der Waals surface area contributed by atoms with Crippen LogP contribution in [0.1, 0.15) is 45.9 Å². The van der Waals surface area contributed by atoms with Crippen molar-refractivity contribution in [1.29, 1.82) is 0 Å². The zero-order valence-electron chi connectivity index (χ0n) is 20.7. The summed E-state index contributed by atoms with van der Waals surface area (Å²) in [4.78, 5) is 6.89. The summed E-state index contributed by atoms with van der Waals surface area (Å²) in [6.45, 7) is 8.65. The Morgan fingerprint density at radius 2 is 1.66 bits per heavy atom. The van der Waals surface area contributed by atoms with Crippen molar-refractivity contribution in [2.24, 2.45) is 0 Å². The van der Waals surface area contributed by atoms with Gasteiger partial charge >= 0.3 is 0 Å². The van der Waals surface area contributed by atoms with E-state index < -0.39 is 0 Å². The summed E-state index contributed by atoms with van der Waals surface area (Å²) in [6, 6.07) is 22.9. The van der Waals surface area contributed by atoms with E-state index in [0.29, 0.717) is 5.11 Å². The van der Waals surface area contributed by atoms with E-state index in [1.807, 2.05) is 36.5 Å². The fraction of sp³-hybridized carbons (Fsp3) is 0.241. The molecule has 0 bridgehead atoms. The minimum Gasteiger partial charge on any atom is -0.497 e. The van der Waals surface area contributed by atoms with E-state index in [1.165, 1.54) is 33.8 Å². The summed E-state index contributed by atoms with van der Waals surface area (Å²) in [5.41, 5.74) is 9.22. The Kier molecular flexibility index (Phi) is 6.07. The van der Waals surface area contributed by atoms with Gasteiger partial charge in [-0.15, -0.1) is 0 Å². The third-order valence-electron chi connectivity index (χ3n) is 6.68. The van der Waals surface area contributed by atoms with Crippen LogP contribution >= 0.6 is 12.2 Å². The number of rotatable bonds is 5. The Labute approximate surface area is 212 Å². The molecule has 0 amide bonds. The van der Waals surface area contributed by atoms with Crippen molar-refractivity contribution >= 4 is 23.0 Å². The molecule has 0 radical (unpaired) electrons. The van der Waals surface area contributed by atoms with Crippen LogP contribution in [0.5, 0.6) is 5.75 Å². The molecule has 2 aromatic carbocycles. The average molecular weight is 483 g/mol. The number of pyridine rings is 1. The van der Waals surface area contributed by atoms with Crippen molar-refractivity contribution < 1.29 is 4.74 Å². The molecule has 2 atom stereocenters. The fourth-order valence-corrected chi connectivity index (χ4v) is 5.62. The maximum Gasteiger partial charge on any atom is 0.174 e. The highest BCUT2D eigenvalue weighted by atomic mass is 32.1. The number of ether oxygens (including phenoxy) is 1. The van der Waals surface area contributed by atoms with Crippen molar-refractivity contribution in [2.75, 3.05) is 12.0 Å². The first-order valence-corrected chi connectivity index (χ1v) is 12.2. The molecule has 5 rings (SSSR count). The molecule has 0 saturated carbocycles. The molecule has 0 aliphatic carbocycles. The van der Waals surface area contributed by atoms with Gasteiger partial charge in [0.15, 0.2) is 5.11 Å². The fourth-order valence-electron chi connectivity index (χ4n) is 5.27. The molecule has 1 aliphatic heterocycles. The molecule has 4 aromatic rings. The third-order valence-corrected chi connectivity index (χ3v) is 7.00. The zero-order valence-corrected chi connectivity index (χ0v) is 21.6. The molecule has 1 N–H and O–H groups in total. The van der Waals surface area contributed by atoms with Crippen molar-refractivity contribution in [3.63, 3.8) is 0 Å². The number of hydrogen-bond acceptors (Lipinski definition) is 3. The normalized spacial score (nSPS) is 17.5. The molecular formula is C29H30N4OS. The number of aryl methyl sites for hydroxylation is 3. The van der Waals surface area contributed by atoms with Crippen LogP contribution in [-0.4, -0.2) is 21.8 Å². The molecule has 35 heavy (non-hydrogen) atoms. The first kappa shape index (κ1) is 23.1. The summed E-state index contributed by atoms with van der Waals surface area (Å²) in [5, 5.41) is 4.24. The second kappa shape index (κ2) is 9.19. The van der Waals surface area contributed by atoms with E-state index in [2.05, 4.69) is 78.9 Å². The lowest BCUT2D eigenvalue weighted by atomic mass is 9.96. The number of thiocarbonyl (C=S) groups is 1. The second-order valence-electron chi connectivity index (χ2n) is 9.21. The van der Waals surface area contributed by atoms with Gasteiger partial charge in [0.25, 0.3) is 0 Å². The van der Waals surface area contributed by atoms with Gasteiger partial charge in [0, 0.05) is 35.0 Å². The number of hydrogen-bond donors (Lipinski definition) is 1. The van der Waals surface area contributed by atoms with Gasteiger partial charge in [0.2, 0.25) is 0 Å². The second-order valence-corrected chi connectivity index (χ2v) is 9.59. The van der Waals surface area contributed by atoms with E-state index in [-0.39, 0.29) is 12.1 Å². The van der Waals surface area contributed by atoms with Gasteiger partial charge in [0.05, 0.1) is 24.9 Å². The van der Waals surface area contributed by atoms with Crippen LogP contribution in [0.3, 0.4) is 0 Å². The zero-order chi connectivity index (χ0) is 24.7. The first-order valence-electron chi connectivity index (χ1n) is 11.8. The standard InChI is InChI=1S/C29H30N4OS/c1-18-13-19(2)15-23(14-18)32-20(3)16-25(21(32)4)28-27(26-11-6-7-12-30-26)31-29(35)33(28)22-9-8-10-24(17-22)34-5/h6-17,27-28H,1-5H3,(H,31,35)/t27-,28+/m0/s1. The van der Waals surface area contributed by atoms with Gasteiger partial charge in [0.1, 0.15) is 5.75 Å². The lowest BCUT2D eigenvalue weighted by Crippen LogP contribution is -2.29. The SMILES string of the molecule is COc1cccc(N2C(=S)N[C@@H](c3ccccn3)[C@H]2c2cc(C)n(-c3cc(C)cc(C)c3)c2C)c1. The molecule has 2 aromatic heterocycles. The van der Waals surface area contributed by atoms with Crippen LogP contribution in [0.15, 0.2) is 72.9 Å². The molecule has 0 spiro atoms. The summed E-state index contributed by atoms with van der Waals surface area (Å²) in [7, 11) is 1.69. The van der Waals surface area contributed by atoms with E-state index in [9.17, 15) is 0 Å². The van der Waals surface area contributed by atoms with Crippen LogP contribution in [-0.2, 0) is 0 Å². The Hall–Kier alpha value is -3.64. The van der Waals surface area contributed by atoms with Gasteiger partial charge in [-0.1, -0.05) is 18.2 Å². The predicted octanol–water partition coefficient (Wildman–Crippen LogP) is 6.29. The predicted molar refractivity (Wildman–Crippen MR) is 146 cm³/mol. The highest BCUT2D eigenvalue weighted by Crippen LogP contribution is 2.44. The molecule has 0 unspecified atom stereocenters. The van der Waals surface area contributed by atoms with Crippen molar-refractivity contribution in [3.05, 3.63) is 107 Å². The molecule has 3 heterocycles. The van der Waals surface area contributed by atoms with Gasteiger partial charge in [-0.3, -0.25) is 4.98 Å². The maximum absolute atomic E-state index is 5.91. The molecular weight excluding hydrogens is 452 g/mol. The first-order chi connectivity index (χ1) is 16.9. The maximum atomic E-state index is 5.91. The van der Waals surface area contributed by atoms with Crippen molar-refractivity contribution in [1.82, 2.24) is 14.9 Å². The number of methoxy groups -OCH3 is 1. The van der Waals surface area contributed by atoms with Crippen LogP contribution in [0.2, 0.25) is 0 Å². The van der Waals surface area contributed by atoms with Gasteiger partial charge in [-0.25, -0.2) is 0 Å². The van der Waals surface area contributed by atoms with Crippen LogP contribution in [0.4, 0.5) is 5.69 Å². The number of nitrogens with zero attached hydrogens (tertiary/aromatic N) is 3. The summed E-state index contributed by atoms with van der Waals surface area (Å²) in [5.74, 6) is 0.797. The van der Waals surface area contributed by atoms with Crippen LogP contribution < -0.4 is 15.0 Å². The van der Waals surface area contributed by atoms with Crippen LogP contribution in [0, 0.1) is 27.7 Å². The minimum atomic E-state index is -0.0944. The number of benzene rings is 2. The third kappa shape index (κ3) is 4.19. The summed E-state index contributed by atoms with van der Waals surface area (Å²) in [6.07, 6.45) is 1.84. The van der Waals surface area contributed by atoms with Crippen molar-refractivity contribution in [3.8, 4) is 11.4 Å². The topological polar surface area (TPSA) is 42.3 Å². The molecule has 1 aliphatic rings. The highest BCUT2D eigenvalue weighted by Gasteiger charge is 2.42. The van der Waals surface area contributed by atoms with Crippen molar-refractivity contribution in [2.45, 2.75) is 39.8 Å². The van der Waals surface area contributed by atoms with Crippen LogP contribution in [0.25, 0.3) is 5.69 Å². The Morgan fingerprint density at radius 1 is 0.886 bits per heavy atom. The molecule has 1 fully saturated rings. The van der Waals surface area contributed by atoms with Gasteiger partial charge < -0.3 is 19.5 Å². The van der Waals surface area contributed by atoms with E-state index in [4.69, 9.17) is 21.9 Å². The smallest absolute Gasteiger partial charge is 0.174 e. The largest absolute Gasteiger partial charge is 0.497 e. The Bertz CT molecular complexity index is 1380. The Balaban J connectivity index is 1.69. The number of aromatic nitrogens is 2. The van der Waals surface area contributed by atoms with Gasteiger partial charge in [-0.05, 0) is 99.1 Å². The molecule has 178 valence electrons. The number of nitrogens with one attached hydrogen (secondary N) is 1. The number of anilines is 1. The highest BCUT2D eigenvalue weighted by molar-refractivity contribution is 7.80.